The lowest BCUT2D eigenvalue weighted by atomic mass is 10.2. The topological polar surface area (TPSA) is 72.8 Å². The Morgan fingerprint density at radius 1 is 1.03 bits per heavy atom. The minimum Gasteiger partial charge on any atom is -0.357 e. The molecule has 0 amide bonds. The van der Waals surface area contributed by atoms with E-state index in [0.29, 0.717) is 0 Å². The zero-order chi connectivity index (χ0) is 21.5. The van der Waals surface area contributed by atoms with Crippen LogP contribution in [0.1, 0.15) is 44.0 Å². The summed E-state index contributed by atoms with van der Waals surface area (Å²) < 4.78 is 4.41. The number of piperazine rings is 1. The average molecular weight is 443 g/mol. The Labute approximate surface area is 189 Å². The van der Waals surface area contributed by atoms with Gasteiger partial charge in [-0.25, -0.2) is 9.97 Å². The first kappa shape index (κ1) is 21.8. The summed E-state index contributed by atoms with van der Waals surface area (Å²) in [7, 11) is 1.85. The van der Waals surface area contributed by atoms with Gasteiger partial charge in [-0.05, 0) is 24.5 Å². The lowest BCUT2D eigenvalue weighted by Crippen LogP contribution is -2.52. The van der Waals surface area contributed by atoms with Gasteiger partial charge in [-0.3, -0.25) is 4.99 Å². The van der Waals surface area contributed by atoms with Crippen molar-refractivity contribution in [3.05, 3.63) is 29.7 Å². The van der Waals surface area contributed by atoms with Gasteiger partial charge in [0.2, 0.25) is 5.13 Å². The molecular formula is C22H34N8S. The van der Waals surface area contributed by atoms with E-state index < -0.39 is 0 Å². The highest BCUT2D eigenvalue weighted by atomic mass is 32.1. The number of aryl methyl sites for hydroxylation is 1. The Morgan fingerprint density at radius 3 is 2.42 bits per heavy atom. The molecular weight excluding hydrogens is 408 g/mol. The summed E-state index contributed by atoms with van der Waals surface area (Å²) in [6, 6.07) is 4.35. The maximum atomic E-state index is 4.73. The minimum absolute atomic E-state index is 0.733. The highest BCUT2D eigenvalue weighted by molar-refractivity contribution is 7.09. The van der Waals surface area contributed by atoms with Crippen molar-refractivity contribution in [1.82, 2.24) is 24.6 Å². The van der Waals surface area contributed by atoms with Gasteiger partial charge >= 0.3 is 0 Å². The lowest BCUT2D eigenvalue weighted by Gasteiger charge is -2.36. The molecule has 31 heavy (non-hydrogen) atoms. The highest BCUT2D eigenvalue weighted by Gasteiger charge is 2.22. The van der Waals surface area contributed by atoms with Crippen molar-refractivity contribution in [2.45, 2.75) is 45.6 Å². The molecule has 0 bridgehead atoms. The van der Waals surface area contributed by atoms with Crippen LogP contribution in [0.25, 0.3) is 0 Å². The zero-order valence-corrected chi connectivity index (χ0v) is 19.6. The largest absolute Gasteiger partial charge is 0.357 e. The quantitative estimate of drug-likeness (QED) is 0.564. The molecule has 0 radical (unpaired) electrons. The van der Waals surface area contributed by atoms with E-state index >= 15 is 0 Å². The van der Waals surface area contributed by atoms with Crippen LogP contribution in [-0.2, 0) is 13.0 Å². The Bertz CT molecular complexity index is 833. The molecule has 0 atom stereocenters. The van der Waals surface area contributed by atoms with Gasteiger partial charge in [0.25, 0.3) is 0 Å². The van der Waals surface area contributed by atoms with E-state index in [4.69, 9.17) is 4.98 Å². The molecule has 2 aromatic rings. The second kappa shape index (κ2) is 10.7. The number of hydrogen-bond donors (Lipinski definition) is 1. The van der Waals surface area contributed by atoms with E-state index in [1.807, 2.05) is 13.2 Å². The fourth-order valence-corrected chi connectivity index (χ4v) is 4.95. The van der Waals surface area contributed by atoms with Gasteiger partial charge in [-0.1, -0.05) is 25.8 Å². The third-order valence-corrected chi connectivity index (χ3v) is 6.84. The maximum absolute atomic E-state index is 4.73. The third kappa shape index (κ3) is 5.64. The van der Waals surface area contributed by atoms with Crippen LogP contribution in [0.4, 0.5) is 10.9 Å². The van der Waals surface area contributed by atoms with Crippen LogP contribution < -0.4 is 15.1 Å². The Morgan fingerprint density at radius 2 is 1.81 bits per heavy atom. The van der Waals surface area contributed by atoms with Gasteiger partial charge in [0.15, 0.2) is 5.96 Å². The van der Waals surface area contributed by atoms with Crippen molar-refractivity contribution in [2.24, 2.45) is 4.99 Å². The predicted octanol–water partition coefficient (Wildman–Crippen LogP) is 2.77. The molecule has 0 saturated carbocycles. The van der Waals surface area contributed by atoms with Crippen molar-refractivity contribution in [3.63, 3.8) is 0 Å². The number of nitrogens with zero attached hydrogens (tertiary/aromatic N) is 7. The van der Waals surface area contributed by atoms with Crippen molar-refractivity contribution < 1.29 is 0 Å². The number of aliphatic imine (C=N–C) groups is 1. The normalized spacial score (nSPS) is 18.3. The molecule has 9 heteroatoms. The molecule has 2 saturated heterocycles. The summed E-state index contributed by atoms with van der Waals surface area (Å²) in [6.07, 6.45) is 8.11. The summed E-state index contributed by atoms with van der Waals surface area (Å²) >= 11 is 1.51. The number of aromatic nitrogens is 3. The van der Waals surface area contributed by atoms with E-state index in [-0.39, 0.29) is 0 Å². The van der Waals surface area contributed by atoms with Crippen LogP contribution in [0.2, 0.25) is 0 Å². The van der Waals surface area contributed by atoms with Crippen LogP contribution >= 0.6 is 11.5 Å². The Balaban J connectivity index is 1.27. The van der Waals surface area contributed by atoms with E-state index in [0.717, 1.165) is 75.0 Å². The molecule has 1 N–H and O–H groups in total. The van der Waals surface area contributed by atoms with Crippen LogP contribution in [-0.4, -0.2) is 71.5 Å². The number of anilines is 2. The number of guanidine groups is 1. The summed E-state index contributed by atoms with van der Waals surface area (Å²) in [6.45, 7) is 8.80. The molecule has 2 fully saturated rings. The number of pyridine rings is 1. The van der Waals surface area contributed by atoms with Crippen molar-refractivity contribution in [1.29, 1.82) is 0 Å². The van der Waals surface area contributed by atoms with E-state index in [2.05, 4.69) is 53.4 Å². The van der Waals surface area contributed by atoms with Gasteiger partial charge in [0, 0.05) is 77.0 Å². The molecule has 4 rings (SSSR count). The van der Waals surface area contributed by atoms with Gasteiger partial charge in [-0.15, -0.1) is 0 Å². The fourth-order valence-electron chi connectivity index (χ4n) is 4.15. The first-order chi connectivity index (χ1) is 15.3. The third-order valence-electron chi connectivity index (χ3n) is 6.02. The standard InChI is InChI=1S/C22H34N8S/c1-3-19-26-22(31-27-19)30-14-12-29(13-15-30)21(23-2)25-17-18-8-9-20(24-16-18)28-10-6-4-5-7-11-28/h8-9,16H,3-7,10-15,17H2,1-2H3,(H,23,25). The molecule has 0 aromatic carbocycles. The highest BCUT2D eigenvalue weighted by Crippen LogP contribution is 2.20. The second-order valence-electron chi connectivity index (χ2n) is 8.15. The van der Waals surface area contributed by atoms with Gasteiger partial charge in [0.05, 0.1) is 0 Å². The monoisotopic (exact) mass is 442 g/mol. The van der Waals surface area contributed by atoms with E-state index in [9.17, 15) is 0 Å². The van der Waals surface area contributed by atoms with Crippen molar-refractivity contribution in [3.8, 4) is 0 Å². The number of hydrogen-bond acceptors (Lipinski definition) is 7. The molecule has 2 aliphatic rings. The number of nitrogens with one attached hydrogen (secondary N) is 1. The summed E-state index contributed by atoms with van der Waals surface area (Å²) in [5.74, 6) is 2.99. The van der Waals surface area contributed by atoms with Crippen LogP contribution in [0.3, 0.4) is 0 Å². The lowest BCUT2D eigenvalue weighted by molar-refractivity contribution is 0.372. The fraction of sp³-hybridized carbons (Fsp3) is 0.636. The summed E-state index contributed by atoms with van der Waals surface area (Å²) in [4.78, 5) is 20.9. The van der Waals surface area contributed by atoms with Crippen LogP contribution in [0.5, 0.6) is 0 Å². The Kier molecular flexibility index (Phi) is 7.56. The van der Waals surface area contributed by atoms with Crippen LogP contribution in [0.15, 0.2) is 23.3 Å². The SMILES string of the molecule is CCc1nsc(N2CCN(C(=NC)NCc3ccc(N4CCCCCC4)nc3)CC2)n1. The summed E-state index contributed by atoms with van der Waals surface area (Å²) in [5, 5.41) is 4.55. The molecule has 2 aromatic heterocycles. The zero-order valence-electron chi connectivity index (χ0n) is 18.8. The molecule has 8 nitrogen and oxygen atoms in total. The maximum Gasteiger partial charge on any atom is 0.205 e. The molecule has 4 heterocycles. The van der Waals surface area contributed by atoms with E-state index in [1.54, 1.807) is 0 Å². The first-order valence-electron chi connectivity index (χ1n) is 11.5. The van der Waals surface area contributed by atoms with Crippen molar-refractivity contribution >= 4 is 28.4 Å². The van der Waals surface area contributed by atoms with Gasteiger partial charge in [-0.2, -0.15) is 4.37 Å². The number of rotatable bonds is 5. The molecule has 2 aliphatic heterocycles. The average Bonchev–Trinajstić information content (AvgIpc) is 3.14. The smallest absolute Gasteiger partial charge is 0.205 e. The van der Waals surface area contributed by atoms with Crippen LogP contribution in [0, 0.1) is 0 Å². The summed E-state index contributed by atoms with van der Waals surface area (Å²) in [5.41, 5.74) is 1.18. The van der Waals surface area contributed by atoms with Gasteiger partial charge < -0.3 is 20.0 Å². The van der Waals surface area contributed by atoms with E-state index in [1.165, 1.54) is 42.8 Å². The minimum atomic E-state index is 0.733. The predicted molar refractivity (Wildman–Crippen MR) is 128 cm³/mol. The van der Waals surface area contributed by atoms with Crippen molar-refractivity contribution in [2.75, 3.05) is 56.1 Å². The second-order valence-corrected chi connectivity index (χ2v) is 8.88. The van der Waals surface area contributed by atoms with Gasteiger partial charge in [0.1, 0.15) is 11.6 Å². The Hall–Kier alpha value is -2.42. The molecule has 168 valence electrons. The first-order valence-corrected chi connectivity index (χ1v) is 12.3. The molecule has 0 spiro atoms. The molecule has 0 unspecified atom stereocenters. The molecule has 0 aliphatic carbocycles.